The lowest BCUT2D eigenvalue weighted by Crippen LogP contribution is -2.24. The van der Waals surface area contributed by atoms with Crippen molar-refractivity contribution in [2.45, 2.75) is 49.8 Å². The molecule has 2 unspecified atom stereocenters. The molecule has 0 saturated heterocycles. The minimum atomic E-state index is -3.75. The van der Waals surface area contributed by atoms with Crippen LogP contribution in [0.25, 0.3) is 0 Å². The van der Waals surface area contributed by atoms with E-state index in [1.165, 1.54) is 6.20 Å². The highest BCUT2D eigenvalue weighted by Gasteiger charge is 2.26. The Bertz CT molecular complexity index is 526. The van der Waals surface area contributed by atoms with Crippen LogP contribution in [0.15, 0.2) is 11.2 Å². The normalized spacial score (nSPS) is 25.3. The van der Waals surface area contributed by atoms with E-state index in [1.54, 1.807) is 14.0 Å². The maximum Gasteiger partial charge on any atom is 0.280 e. The molecule has 0 spiro atoms. The number of aromatic nitrogens is 2. The average molecular weight is 293 g/mol. The third-order valence-electron chi connectivity index (χ3n) is 3.47. The summed E-state index contributed by atoms with van der Waals surface area (Å²) in [6, 6.07) is 0.239. The van der Waals surface area contributed by atoms with Crippen LogP contribution in [0.3, 0.4) is 0 Å². The smallest absolute Gasteiger partial charge is 0.280 e. The minimum absolute atomic E-state index is 0.0683. The molecule has 0 aliphatic heterocycles. The van der Waals surface area contributed by atoms with Crippen molar-refractivity contribution in [2.24, 2.45) is 0 Å². The zero-order valence-corrected chi connectivity index (χ0v) is 12.0. The number of halogens is 1. The molecule has 1 aliphatic carbocycles. The second kappa shape index (κ2) is 5.19. The molecule has 1 fully saturated rings. The summed E-state index contributed by atoms with van der Waals surface area (Å²) in [5.74, 6) is 0.677. The van der Waals surface area contributed by atoms with Gasteiger partial charge >= 0.3 is 0 Å². The van der Waals surface area contributed by atoms with Gasteiger partial charge in [-0.3, -0.25) is 0 Å². The number of ether oxygens (including phenoxy) is 1. The fraction of sp³-hybridized carbons (Fsp3) is 0.727. The molecule has 0 amide bonds. The Kier molecular flexibility index (Phi) is 3.99. The van der Waals surface area contributed by atoms with Crippen LogP contribution in [0.2, 0.25) is 0 Å². The Balaban J connectivity index is 2.25. The largest absolute Gasteiger partial charge is 0.381 e. The monoisotopic (exact) mass is 292 g/mol. The molecule has 0 N–H and O–H groups in total. The van der Waals surface area contributed by atoms with Crippen LogP contribution in [-0.2, 0) is 13.8 Å². The van der Waals surface area contributed by atoms with Gasteiger partial charge in [-0.15, -0.1) is 0 Å². The first kappa shape index (κ1) is 13.8. The van der Waals surface area contributed by atoms with Crippen molar-refractivity contribution in [1.29, 1.82) is 0 Å². The highest BCUT2D eigenvalue weighted by atomic mass is 35.7. The third kappa shape index (κ3) is 2.87. The SMILES string of the molecule is COC1CCCC(n2cc(S(=O)(=O)Cl)nc2C)C1. The number of hydrogen-bond acceptors (Lipinski definition) is 4. The van der Waals surface area contributed by atoms with Crippen molar-refractivity contribution in [3.05, 3.63) is 12.0 Å². The van der Waals surface area contributed by atoms with E-state index in [9.17, 15) is 8.42 Å². The average Bonchev–Trinajstić information content (AvgIpc) is 2.71. The van der Waals surface area contributed by atoms with E-state index < -0.39 is 9.05 Å². The van der Waals surface area contributed by atoms with Gasteiger partial charge in [-0.05, 0) is 32.6 Å². The number of nitrogens with zero attached hydrogens (tertiary/aromatic N) is 2. The standard InChI is InChI=1S/C11H17ClN2O3S/c1-8-13-11(18(12,15)16)7-14(8)9-4-3-5-10(6-9)17-2/h7,9-10H,3-6H2,1-2H3. The van der Waals surface area contributed by atoms with Crippen LogP contribution in [0, 0.1) is 6.92 Å². The molecule has 18 heavy (non-hydrogen) atoms. The van der Waals surface area contributed by atoms with Gasteiger partial charge in [0.05, 0.1) is 6.10 Å². The number of aryl methyl sites for hydroxylation is 1. The Morgan fingerprint density at radius 1 is 1.50 bits per heavy atom. The van der Waals surface area contributed by atoms with Crippen LogP contribution in [0.5, 0.6) is 0 Å². The lowest BCUT2D eigenvalue weighted by atomic mass is 9.92. The first-order valence-electron chi connectivity index (χ1n) is 5.94. The molecule has 2 rings (SSSR count). The second-order valence-corrected chi connectivity index (χ2v) is 7.16. The molecule has 1 saturated carbocycles. The molecule has 0 aromatic carbocycles. The Morgan fingerprint density at radius 3 is 2.78 bits per heavy atom. The van der Waals surface area contributed by atoms with Crippen molar-refractivity contribution >= 4 is 19.7 Å². The van der Waals surface area contributed by atoms with Crippen molar-refractivity contribution in [3.63, 3.8) is 0 Å². The van der Waals surface area contributed by atoms with Crippen molar-refractivity contribution < 1.29 is 13.2 Å². The molecule has 1 heterocycles. The lowest BCUT2D eigenvalue weighted by Gasteiger charge is -2.29. The predicted molar refractivity (Wildman–Crippen MR) is 68.3 cm³/mol. The summed E-state index contributed by atoms with van der Waals surface area (Å²) in [4.78, 5) is 4.01. The molecule has 102 valence electrons. The van der Waals surface area contributed by atoms with Gasteiger partial charge in [0.1, 0.15) is 5.82 Å². The van der Waals surface area contributed by atoms with E-state index in [-0.39, 0.29) is 17.2 Å². The quantitative estimate of drug-likeness (QED) is 0.802. The molecule has 5 nitrogen and oxygen atoms in total. The van der Waals surface area contributed by atoms with Gasteiger partial charge in [-0.1, -0.05) is 0 Å². The maximum atomic E-state index is 11.3. The van der Waals surface area contributed by atoms with E-state index in [1.807, 2.05) is 4.57 Å². The van der Waals surface area contributed by atoms with Gasteiger partial charge in [0.25, 0.3) is 9.05 Å². The Morgan fingerprint density at radius 2 is 2.22 bits per heavy atom. The van der Waals surface area contributed by atoms with E-state index in [2.05, 4.69) is 4.98 Å². The fourth-order valence-electron chi connectivity index (χ4n) is 2.53. The third-order valence-corrected chi connectivity index (χ3v) is 4.64. The second-order valence-electron chi connectivity index (χ2n) is 4.65. The van der Waals surface area contributed by atoms with Gasteiger partial charge < -0.3 is 9.30 Å². The van der Waals surface area contributed by atoms with Gasteiger partial charge in [-0.2, -0.15) is 0 Å². The zero-order chi connectivity index (χ0) is 13.3. The molecule has 1 aromatic rings. The number of methoxy groups -OCH3 is 1. The summed E-state index contributed by atoms with van der Waals surface area (Å²) in [6.07, 6.45) is 5.79. The number of rotatable bonds is 3. The molecular weight excluding hydrogens is 276 g/mol. The molecule has 0 radical (unpaired) electrons. The van der Waals surface area contributed by atoms with Gasteiger partial charge in [-0.25, -0.2) is 13.4 Å². The molecule has 1 aliphatic rings. The number of hydrogen-bond donors (Lipinski definition) is 0. The first-order chi connectivity index (χ1) is 8.41. The van der Waals surface area contributed by atoms with Crippen molar-refractivity contribution in [2.75, 3.05) is 7.11 Å². The number of imidazole rings is 1. The molecular formula is C11H17ClN2O3S. The first-order valence-corrected chi connectivity index (χ1v) is 8.25. The van der Waals surface area contributed by atoms with Crippen molar-refractivity contribution in [3.8, 4) is 0 Å². The van der Waals surface area contributed by atoms with E-state index >= 15 is 0 Å². The Labute approximate surface area is 112 Å². The van der Waals surface area contributed by atoms with Crippen LogP contribution < -0.4 is 0 Å². The predicted octanol–water partition coefficient (Wildman–Crippen LogP) is 2.25. The van der Waals surface area contributed by atoms with Crippen LogP contribution in [-0.4, -0.2) is 31.2 Å². The fourth-order valence-corrected chi connectivity index (χ4v) is 3.24. The molecule has 2 atom stereocenters. The summed E-state index contributed by atoms with van der Waals surface area (Å²) < 4.78 is 29.8. The van der Waals surface area contributed by atoms with Gasteiger partial charge in [0.15, 0.2) is 5.03 Å². The summed E-state index contributed by atoms with van der Waals surface area (Å²) in [7, 11) is 3.27. The van der Waals surface area contributed by atoms with Crippen LogP contribution >= 0.6 is 10.7 Å². The molecule has 0 bridgehead atoms. The van der Waals surface area contributed by atoms with Crippen LogP contribution in [0.4, 0.5) is 0 Å². The van der Waals surface area contributed by atoms with E-state index in [4.69, 9.17) is 15.4 Å². The molecule has 1 aromatic heterocycles. The van der Waals surface area contributed by atoms with E-state index in [0.717, 1.165) is 25.7 Å². The zero-order valence-electron chi connectivity index (χ0n) is 10.5. The van der Waals surface area contributed by atoms with E-state index in [0.29, 0.717) is 5.82 Å². The summed E-state index contributed by atoms with van der Waals surface area (Å²) >= 11 is 0. The van der Waals surface area contributed by atoms with Crippen molar-refractivity contribution in [1.82, 2.24) is 9.55 Å². The summed E-state index contributed by atoms with van der Waals surface area (Å²) in [6.45, 7) is 1.79. The summed E-state index contributed by atoms with van der Waals surface area (Å²) in [5, 5.41) is -0.0683. The maximum absolute atomic E-state index is 11.3. The highest BCUT2D eigenvalue weighted by molar-refractivity contribution is 8.13. The van der Waals surface area contributed by atoms with Crippen LogP contribution in [0.1, 0.15) is 37.5 Å². The molecule has 7 heteroatoms. The summed E-state index contributed by atoms with van der Waals surface area (Å²) in [5.41, 5.74) is 0. The Hall–Kier alpha value is -0.590. The van der Waals surface area contributed by atoms with Gasteiger partial charge in [0, 0.05) is 30.0 Å². The topological polar surface area (TPSA) is 61.2 Å². The lowest BCUT2D eigenvalue weighted by molar-refractivity contribution is 0.0527. The minimum Gasteiger partial charge on any atom is -0.381 e. The van der Waals surface area contributed by atoms with Gasteiger partial charge in [0.2, 0.25) is 0 Å². The highest BCUT2D eigenvalue weighted by Crippen LogP contribution is 2.31.